The lowest BCUT2D eigenvalue weighted by molar-refractivity contribution is -0.136. The normalized spacial score (nSPS) is 10.5. The van der Waals surface area contributed by atoms with E-state index in [4.69, 9.17) is 5.11 Å². The van der Waals surface area contributed by atoms with E-state index in [9.17, 15) is 4.79 Å². The lowest BCUT2D eigenvalue weighted by Gasteiger charge is -1.95. The standard InChI is InChI=1S/C10H15NO2S2/c1-3-4-7-8(5-10(12)13)15-9(11-7)6-14-2/h3-6H2,1-2H3,(H,12,13). The molecule has 1 heterocycles. The molecule has 15 heavy (non-hydrogen) atoms. The largest absolute Gasteiger partial charge is 0.481 e. The first-order chi connectivity index (χ1) is 7.17. The first-order valence-corrected chi connectivity index (χ1v) is 7.06. The van der Waals surface area contributed by atoms with Crippen LogP contribution in [0.3, 0.4) is 0 Å². The van der Waals surface area contributed by atoms with Gasteiger partial charge in [-0.25, -0.2) is 4.98 Å². The van der Waals surface area contributed by atoms with E-state index in [-0.39, 0.29) is 6.42 Å². The third-order valence-corrected chi connectivity index (χ3v) is 3.73. The molecule has 0 aliphatic rings. The Morgan fingerprint density at radius 3 is 2.87 bits per heavy atom. The number of aromatic nitrogens is 1. The molecule has 0 amide bonds. The number of thiazole rings is 1. The summed E-state index contributed by atoms with van der Waals surface area (Å²) in [5.41, 5.74) is 0.981. The minimum atomic E-state index is -0.772. The molecular formula is C10H15NO2S2. The average molecular weight is 245 g/mol. The maximum atomic E-state index is 10.7. The molecule has 1 aromatic heterocycles. The first-order valence-electron chi connectivity index (χ1n) is 4.85. The SMILES string of the molecule is CCCc1nc(CSC)sc1CC(=O)O. The van der Waals surface area contributed by atoms with Crippen molar-refractivity contribution in [1.29, 1.82) is 0 Å². The second-order valence-corrected chi connectivity index (χ2v) is 5.27. The van der Waals surface area contributed by atoms with Gasteiger partial charge in [0.05, 0.1) is 12.1 Å². The molecule has 5 heteroatoms. The Morgan fingerprint density at radius 1 is 1.60 bits per heavy atom. The van der Waals surface area contributed by atoms with Crippen molar-refractivity contribution in [3.8, 4) is 0 Å². The van der Waals surface area contributed by atoms with Crippen LogP contribution in [0.1, 0.15) is 28.9 Å². The highest BCUT2D eigenvalue weighted by Crippen LogP contribution is 2.23. The van der Waals surface area contributed by atoms with Gasteiger partial charge >= 0.3 is 5.97 Å². The molecule has 0 unspecified atom stereocenters. The second-order valence-electron chi connectivity index (χ2n) is 3.23. The van der Waals surface area contributed by atoms with Crippen molar-refractivity contribution in [3.05, 3.63) is 15.6 Å². The van der Waals surface area contributed by atoms with Crippen molar-refractivity contribution >= 4 is 29.1 Å². The Bertz CT molecular complexity index is 336. The lowest BCUT2D eigenvalue weighted by Crippen LogP contribution is -2.01. The fraction of sp³-hybridized carbons (Fsp3) is 0.600. The third kappa shape index (κ3) is 3.83. The summed E-state index contributed by atoms with van der Waals surface area (Å²) >= 11 is 3.25. The Hall–Kier alpha value is -0.550. The predicted octanol–water partition coefficient (Wildman–Crippen LogP) is 2.59. The van der Waals surface area contributed by atoms with Crippen LogP contribution >= 0.6 is 23.1 Å². The van der Waals surface area contributed by atoms with Gasteiger partial charge in [-0.2, -0.15) is 11.8 Å². The van der Waals surface area contributed by atoms with E-state index >= 15 is 0 Å². The molecule has 0 atom stereocenters. The van der Waals surface area contributed by atoms with Gasteiger partial charge in [-0.15, -0.1) is 11.3 Å². The molecule has 0 fully saturated rings. The van der Waals surface area contributed by atoms with Crippen molar-refractivity contribution in [2.45, 2.75) is 31.9 Å². The van der Waals surface area contributed by atoms with E-state index in [0.717, 1.165) is 34.2 Å². The summed E-state index contributed by atoms with van der Waals surface area (Å²) in [7, 11) is 0. The van der Waals surface area contributed by atoms with E-state index in [2.05, 4.69) is 11.9 Å². The van der Waals surface area contributed by atoms with E-state index in [1.807, 2.05) is 6.26 Å². The molecule has 0 spiro atoms. The van der Waals surface area contributed by atoms with Crippen molar-refractivity contribution in [2.24, 2.45) is 0 Å². The number of carboxylic acid groups (broad SMARTS) is 1. The van der Waals surface area contributed by atoms with Crippen molar-refractivity contribution in [3.63, 3.8) is 0 Å². The second kappa shape index (κ2) is 6.12. The van der Waals surface area contributed by atoms with Crippen molar-refractivity contribution in [2.75, 3.05) is 6.26 Å². The van der Waals surface area contributed by atoms with Gasteiger partial charge in [0, 0.05) is 10.6 Å². The maximum Gasteiger partial charge on any atom is 0.308 e. The van der Waals surface area contributed by atoms with Crippen LogP contribution in [-0.4, -0.2) is 22.3 Å². The quantitative estimate of drug-likeness (QED) is 0.837. The van der Waals surface area contributed by atoms with Gasteiger partial charge < -0.3 is 5.11 Å². The fourth-order valence-corrected chi connectivity index (χ4v) is 3.13. The van der Waals surface area contributed by atoms with E-state index in [1.165, 1.54) is 11.3 Å². The molecule has 0 saturated carbocycles. The number of thioether (sulfide) groups is 1. The van der Waals surface area contributed by atoms with Gasteiger partial charge in [0.2, 0.25) is 0 Å². The van der Waals surface area contributed by atoms with Gasteiger partial charge in [-0.3, -0.25) is 4.79 Å². The van der Waals surface area contributed by atoms with Crippen LogP contribution in [0.5, 0.6) is 0 Å². The summed E-state index contributed by atoms with van der Waals surface area (Å²) in [6.45, 7) is 2.08. The number of hydrogen-bond acceptors (Lipinski definition) is 4. The van der Waals surface area contributed by atoms with Gasteiger partial charge in [0.15, 0.2) is 0 Å². The summed E-state index contributed by atoms with van der Waals surface area (Å²) in [6, 6.07) is 0. The number of carboxylic acids is 1. The van der Waals surface area contributed by atoms with Crippen LogP contribution in [0.25, 0.3) is 0 Å². The van der Waals surface area contributed by atoms with Crippen molar-refractivity contribution in [1.82, 2.24) is 4.98 Å². The molecule has 0 aromatic carbocycles. The minimum Gasteiger partial charge on any atom is -0.481 e. The summed E-state index contributed by atoms with van der Waals surface area (Å²) in [5.74, 6) is 0.104. The molecule has 1 aromatic rings. The monoisotopic (exact) mass is 245 g/mol. The number of rotatable bonds is 6. The van der Waals surface area contributed by atoms with Crippen LogP contribution in [0.4, 0.5) is 0 Å². The molecule has 84 valence electrons. The zero-order valence-corrected chi connectivity index (χ0v) is 10.6. The molecular weight excluding hydrogens is 230 g/mol. The topological polar surface area (TPSA) is 50.2 Å². The first kappa shape index (κ1) is 12.5. The average Bonchev–Trinajstić information content (AvgIpc) is 2.48. The molecule has 1 rings (SSSR count). The molecule has 0 bridgehead atoms. The van der Waals surface area contributed by atoms with Crippen LogP contribution < -0.4 is 0 Å². The number of aliphatic carboxylic acids is 1. The number of hydrogen-bond donors (Lipinski definition) is 1. The number of nitrogens with zero attached hydrogens (tertiary/aromatic N) is 1. The zero-order chi connectivity index (χ0) is 11.3. The van der Waals surface area contributed by atoms with Crippen molar-refractivity contribution < 1.29 is 9.90 Å². The van der Waals surface area contributed by atoms with Gasteiger partial charge in [0.1, 0.15) is 5.01 Å². The van der Waals surface area contributed by atoms with E-state index < -0.39 is 5.97 Å². The highest BCUT2D eigenvalue weighted by atomic mass is 32.2. The highest BCUT2D eigenvalue weighted by Gasteiger charge is 2.12. The maximum absolute atomic E-state index is 10.7. The predicted molar refractivity (Wildman–Crippen MR) is 64.7 cm³/mol. The van der Waals surface area contributed by atoms with Gasteiger partial charge in [-0.1, -0.05) is 13.3 Å². The molecule has 0 aliphatic heterocycles. The minimum absolute atomic E-state index is 0.112. The van der Waals surface area contributed by atoms with Crippen LogP contribution in [0.15, 0.2) is 0 Å². The fourth-order valence-electron chi connectivity index (χ4n) is 1.33. The van der Waals surface area contributed by atoms with E-state index in [1.54, 1.807) is 11.8 Å². The highest BCUT2D eigenvalue weighted by molar-refractivity contribution is 7.97. The zero-order valence-electron chi connectivity index (χ0n) is 8.95. The van der Waals surface area contributed by atoms with Crippen LogP contribution in [0.2, 0.25) is 0 Å². The molecule has 0 saturated heterocycles. The Morgan fingerprint density at radius 2 is 2.33 bits per heavy atom. The smallest absolute Gasteiger partial charge is 0.308 e. The summed E-state index contributed by atoms with van der Waals surface area (Å²) in [5, 5.41) is 9.82. The third-order valence-electron chi connectivity index (χ3n) is 1.89. The summed E-state index contributed by atoms with van der Waals surface area (Å²) < 4.78 is 0. The number of carbonyl (C=O) groups is 1. The lowest BCUT2D eigenvalue weighted by atomic mass is 10.2. The Kier molecular flexibility index (Phi) is 5.11. The molecule has 1 N–H and O–H groups in total. The summed E-state index contributed by atoms with van der Waals surface area (Å²) in [6.07, 6.45) is 4.03. The van der Waals surface area contributed by atoms with E-state index in [0.29, 0.717) is 0 Å². The van der Waals surface area contributed by atoms with Crippen LogP contribution in [0, 0.1) is 0 Å². The Labute approximate surface area is 97.9 Å². The Balaban J connectivity index is 2.84. The molecule has 0 aliphatic carbocycles. The summed E-state index contributed by atoms with van der Waals surface area (Å²) in [4.78, 5) is 16.1. The van der Waals surface area contributed by atoms with Gasteiger partial charge in [-0.05, 0) is 12.7 Å². The number of aryl methyl sites for hydroxylation is 1. The molecule has 0 radical (unpaired) electrons. The molecule has 3 nitrogen and oxygen atoms in total. The van der Waals surface area contributed by atoms with Crippen LogP contribution in [-0.2, 0) is 23.4 Å². The van der Waals surface area contributed by atoms with Gasteiger partial charge in [0.25, 0.3) is 0 Å².